The Morgan fingerprint density at radius 1 is 1.22 bits per heavy atom. The fraction of sp³-hybridized carbons (Fsp3) is 0.300. The fourth-order valence-corrected chi connectivity index (χ4v) is 3.62. The zero-order chi connectivity index (χ0) is 18.6. The molecule has 1 aromatic carbocycles. The van der Waals surface area contributed by atoms with Gasteiger partial charge in [-0.05, 0) is 42.7 Å². The number of carbonyl (C=O) groups excluding carboxylic acids is 1. The summed E-state index contributed by atoms with van der Waals surface area (Å²) >= 11 is 6.06. The van der Waals surface area contributed by atoms with Crippen LogP contribution in [0.3, 0.4) is 0 Å². The second-order valence-electron chi connectivity index (χ2n) is 6.70. The molecule has 0 radical (unpaired) electrons. The number of aromatic nitrogens is 3. The molecule has 138 valence electrons. The van der Waals surface area contributed by atoms with E-state index >= 15 is 0 Å². The first kappa shape index (κ1) is 17.7. The fourth-order valence-electron chi connectivity index (χ4n) is 3.46. The molecule has 27 heavy (non-hydrogen) atoms. The summed E-state index contributed by atoms with van der Waals surface area (Å²) in [6, 6.07) is 9.50. The average Bonchev–Trinajstić information content (AvgIpc) is 2.72. The molecule has 7 heteroatoms. The maximum Gasteiger partial charge on any atom is 0.223 e. The molecule has 0 atom stereocenters. The molecule has 3 heterocycles. The van der Waals surface area contributed by atoms with Crippen LogP contribution in [0.5, 0.6) is 0 Å². The summed E-state index contributed by atoms with van der Waals surface area (Å²) in [7, 11) is 0. The van der Waals surface area contributed by atoms with Crippen LogP contribution < -0.4 is 10.2 Å². The monoisotopic (exact) mass is 381 g/mol. The van der Waals surface area contributed by atoms with Crippen LogP contribution in [0, 0.1) is 5.92 Å². The standard InChI is InChI=1S/C20H20ClN5O/c21-16-3-4-17-18(10-16)24-13-25-19(17)26-8-5-15(6-9-26)20(27)23-12-14-2-1-7-22-11-14/h1-4,7,10-11,13,15H,5-6,8-9,12H2,(H,23,27). The first-order valence-corrected chi connectivity index (χ1v) is 9.40. The number of nitrogens with zero attached hydrogens (tertiary/aromatic N) is 4. The number of nitrogens with one attached hydrogen (secondary N) is 1. The van der Waals surface area contributed by atoms with E-state index in [0.717, 1.165) is 48.2 Å². The van der Waals surface area contributed by atoms with E-state index < -0.39 is 0 Å². The van der Waals surface area contributed by atoms with E-state index in [9.17, 15) is 4.79 Å². The first-order chi connectivity index (χ1) is 13.2. The largest absolute Gasteiger partial charge is 0.356 e. The van der Waals surface area contributed by atoms with Gasteiger partial charge >= 0.3 is 0 Å². The van der Waals surface area contributed by atoms with E-state index in [1.807, 2.05) is 30.3 Å². The third-order valence-electron chi connectivity index (χ3n) is 4.93. The molecule has 0 bridgehead atoms. The summed E-state index contributed by atoms with van der Waals surface area (Å²) in [5.74, 6) is 1.05. The normalized spacial score (nSPS) is 15.1. The highest BCUT2D eigenvalue weighted by Gasteiger charge is 2.26. The maximum absolute atomic E-state index is 12.5. The quantitative estimate of drug-likeness (QED) is 0.751. The molecule has 4 rings (SSSR count). The van der Waals surface area contributed by atoms with Crippen molar-refractivity contribution >= 4 is 34.2 Å². The van der Waals surface area contributed by atoms with Gasteiger partial charge in [0.05, 0.1) is 5.52 Å². The maximum atomic E-state index is 12.5. The van der Waals surface area contributed by atoms with E-state index in [2.05, 4.69) is 25.2 Å². The van der Waals surface area contributed by atoms with E-state index in [1.54, 1.807) is 18.7 Å². The zero-order valence-corrected chi connectivity index (χ0v) is 15.6. The van der Waals surface area contributed by atoms with Gasteiger partial charge in [0.25, 0.3) is 0 Å². The third-order valence-corrected chi connectivity index (χ3v) is 5.17. The van der Waals surface area contributed by atoms with Crippen LogP contribution in [0.1, 0.15) is 18.4 Å². The van der Waals surface area contributed by atoms with Crippen LogP contribution in [0.4, 0.5) is 5.82 Å². The van der Waals surface area contributed by atoms with Crippen molar-refractivity contribution in [3.05, 3.63) is 59.6 Å². The van der Waals surface area contributed by atoms with Gasteiger partial charge in [-0.15, -0.1) is 0 Å². The Balaban J connectivity index is 1.38. The van der Waals surface area contributed by atoms with Crippen LogP contribution in [0.25, 0.3) is 10.9 Å². The van der Waals surface area contributed by atoms with Crippen molar-refractivity contribution in [2.45, 2.75) is 19.4 Å². The van der Waals surface area contributed by atoms with Crippen LogP contribution in [-0.2, 0) is 11.3 Å². The molecular formula is C20H20ClN5O. The number of rotatable bonds is 4. The van der Waals surface area contributed by atoms with Crippen LogP contribution in [0.2, 0.25) is 5.02 Å². The van der Waals surface area contributed by atoms with Gasteiger partial charge < -0.3 is 10.2 Å². The van der Waals surface area contributed by atoms with Crippen molar-refractivity contribution in [3.8, 4) is 0 Å². The Bertz CT molecular complexity index is 942. The molecule has 3 aromatic rings. The van der Waals surface area contributed by atoms with Gasteiger partial charge in [-0.25, -0.2) is 9.97 Å². The molecule has 1 aliphatic heterocycles. The lowest BCUT2D eigenvalue weighted by Gasteiger charge is -2.32. The summed E-state index contributed by atoms with van der Waals surface area (Å²) in [6.07, 6.45) is 6.68. The second-order valence-corrected chi connectivity index (χ2v) is 7.14. The van der Waals surface area contributed by atoms with Crippen molar-refractivity contribution in [1.29, 1.82) is 0 Å². The van der Waals surface area contributed by atoms with Gasteiger partial charge in [0.1, 0.15) is 12.1 Å². The Hall–Kier alpha value is -2.73. The van der Waals surface area contributed by atoms with Crippen molar-refractivity contribution in [2.24, 2.45) is 5.92 Å². The molecule has 1 N–H and O–H groups in total. The number of benzene rings is 1. The van der Waals surface area contributed by atoms with E-state index in [0.29, 0.717) is 11.6 Å². The number of pyridine rings is 1. The molecule has 1 fully saturated rings. The Kier molecular flexibility index (Phi) is 5.16. The number of piperidine rings is 1. The smallest absolute Gasteiger partial charge is 0.223 e. The molecule has 1 amide bonds. The predicted octanol–water partition coefficient (Wildman–Crippen LogP) is 3.21. The SMILES string of the molecule is O=C(NCc1cccnc1)C1CCN(c2ncnc3cc(Cl)ccc23)CC1. The minimum Gasteiger partial charge on any atom is -0.356 e. The molecule has 1 aliphatic rings. The molecule has 1 saturated heterocycles. The van der Waals surface area contributed by atoms with E-state index in [1.165, 1.54) is 0 Å². The molecule has 6 nitrogen and oxygen atoms in total. The van der Waals surface area contributed by atoms with Crippen molar-refractivity contribution in [2.75, 3.05) is 18.0 Å². The Morgan fingerprint density at radius 3 is 2.85 bits per heavy atom. The summed E-state index contributed by atoms with van der Waals surface area (Å²) in [4.78, 5) is 27.5. The highest BCUT2D eigenvalue weighted by atomic mass is 35.5. The van der Waals surface area contributed by atoms with E-state index in [4.69, 9.17) is 11.6 Å². The average molecular weight is 382 g/mol. The highest BCUT2D eigenvalue weighted by molar-refractivity contribution is 6.31. The van der Waals surface area contributed by atoms with Gasteiger partial charge in [0.15, 0.2) is 0 Å². The van der Waals surface area contributed by atoms with Gasteiger partial charge in [0.2, 0.25) is 5.91 Å². The number of amides is 1. The number of fused-ring (bicyclic) bond motifs is 1. The molecule has 0 aliphatic carbocycles. The number of anilines is 1. The van der Waals surface area contributed by atoms with Gasteiger partial charge in [-0.2, -0.15) is 0 Å². The van der Waals surface area contributed by atoms with Crippen molar-refractivity contribution in [3.63, 3.8) is 0 Å². The first-order valence-electron chi connectivity index (χ1n) is 9.02. The highest BCUT2D eigenvalue weighted by Crippen LogP contribution is 2.28. The second kappa shape index (κ2) is 7.88. The van der Waals surface area contributed by atoms with Gasteiger partial charge in [-0.3, -0.25) is 9.78 Å². The lowest BCUT2D eigenvalue weighted by Crippen LogP contribution is -2.40. The summed E-state index contributed by atoms with van der Waals surface area (Å²) in [5, 5.41) is 4.67. The van der Waals surface area contributed by atoms with Gasteiger partial charge in [0, 0.05) is 48.4 Å². The van der Waals surface area contributed by atoms with Crippen molar-refractivity contribution in [1.82, 2.24) is 20.3 Å². The number of hydrogen-bond acceptors (Lipinski definition) is 5. The predicted molar refractivity (Wildman–Crippen MR) is 106 cm³/mol. The minimum absolute atomic E-state index is 0.0282. The third kappa shape index (κ3) is 4.01. The minimum atomic E-state index is 0.0282. The molecule has 0 saturated carbocycles. The lowest BCUT2D eigenvalue weighted by atomic mass is 9.95. The topological polar surface area (TPSA) is 71.0 Å². The lowest BCUT2D eigenvalue weighted by molar-refractivity contribution is -0.125. The van der Waals surface area contributed by atoms with E-state index in [-0.39, 0.29) is 11.8 Å². The zero-order valence-electron chi connectivity index (χ0n) is 14.8. The van der Waals surface area contributed by atoms with Crippen molar-refractivity contribution < 1.29 is 4.79 Å². The molecular weight excluding hydrogens is 362 g/mol. The van der Waals surface area contributed by atoms with Crippen LogP contribution in [0.15, 0.2) is 49.1 Å². The molecule has 0 unspecified atom stereocenters. The summed E-state index contributed by atoms with van der Waals surface area (Å²) in [5.41, 5.74) is 1.85. The van der Waals surface area contributed by atoms with Crippen LogP contribution >= 0.6 is 11.6 Å². The van der Waals surface area contributed by atoms with Gasteiger partial charge in [-0.1, -0.05) is 17.7 Å². The number of carbonyl (C=O) groups is 1. The van der Waals surface area contributed by atoms with Crippen LogP contribution in [-0.4, -0.2) is 33.9 Å². The molecule has 0 spiro atoms. The number of hydrogen-bond donors (Lipinski definition) is 1. The molecule has 2 aromatic heterocycles. The summed E-state index contributed by atoms with van der Waals surface area (Å²) in [6.45, 7) is 2.10. The Labute approximate surface area is 162 Å². The summed E-state index contributed by atoms with van der Waals surface area (Å²) < 4.78 is 0. The number of halogens is 1. The Morgan fingerprint density at radius 2 is 2.07 bits per heavy atom.